The van der Waals surface area contributed by atoms with Crippen LogP contribution in [0.25, 0.3) is 0 Å². The maximum atomic E-state index is 11.7. The molecule has 138 valence electrons. The number of aliphatic hydroxyl groups excluding tert-OH is 1. The number of ether oxygens (including phenoxy) is 1. The Balaban J connectivity index is 1.55. The van der Waals surface area contributed by atoms with Gasteiger partial charge < -0.3 is 19.6 Å². The van der Waals surface area contributed by atoms with E-state index >= 15 is 0 Å². The fourth-order valence-electron chi connectivity index (χ4n) is 5.31. The van der Waals surface area contributed by atoms with Crippen LogP contribution in [0.4, 0.5) is 0 Å². The molecule has 0 aromatic carbocycles. The molecule has 24 heavy (non-hydrogen) atoms. The Hall–Kier alpha value is -0.650. The molecule has 1 spiro atoms. The Morgan fingerprint density at radius 3 is 2.71 bits per heavy atom. The van der Waals surface area contributed by atoms with Gasteiger partial charge in [0.2, 0.25) is 5.91 Å². The molecule has 0 bridgehead atoms. The van der Waals surface area contributed by atoms with Crippen LogP contribution >= 0.6 is 0 Å². The molecule has 0 aromatic rings. The lowest BCUT2D eigenvalue weighted by Gasteiger charge is -2.60. The number of rotatable bonds is 7. The summed E-state index contributed by atoms with van der Waals surface area (Å²) < 4.78 is 6.04. The lowest BCUT2D eigenvalue weighted by molar-refractivity contribution is -0.181. The standard InChI is InChI=1S/C19H34N2O3/c1-3-24-17-12-16(19(17)9-5-4-6-10-19)20(2)13-15(22)14-21-11-7-8-18(21)23/h15-17,22H,3-14H2,1-2H3/t15-,16+,17-/m1/s1. The molecule has 0 radical (unpaired) electrons. The summed E-state index contributed by atoms with van der Waals surface area (Å²) in [6.07, 6.45) is 9.07. The summed E-state index contributed by atoms with van der Waals surface area (Å²) in [4.78, 5) is 15.9. The van der Waals surface area contributed by atoms with Gasteiger partial charge in [-0.1, -0.05) is 19.3 Å². The zero-order valence-corrected chi connectivity index (χ0v) is 15.4. The maximum absolute atomic E-state index is 11.7. The van der Waals surface area contributed by atoms with E-state index in [4.69, 9.17) is 4.74 Å². The fraction of sp³-hybridized carbons (Fsp3) is 0.947. The summed E-state index contributed by atoms with van der Waals surface area (Å²) in [5, 5.41) is 10.5. The average Bonchev–Trinajstić information content (AvgIpc) is 2.96. The van der Waals surface area contributed by atoms with Gasteiger partial charge >= 0.3 is 0 Å². The second-order valence-electron chi connectivity index (χ2n) is 8.03. The summed E-state index contributed by atoms with van der Waals surface area (Å²) in [5.41, 5.74) is 0.298. The van der Waals surface area contributed by atoms with E-state index in [1.807, 2.05) is 4.90 Å². The monoisotopic (exact) mass is 338 g/mol. The summed E-state index contributed by atoms with van der Waals surface area (Å²) in [5.74, 6) is 0.195. The number of likely N-dealkylation sites (tertiary alicyclic amines) is 1. The van der Waals surface area contributed by atoms with E-state index in [1.54, 1.807) is 0 Å². The van der Waals surface area contributed by atoms with Crippen LogP contribution in [0, 0.1) is 5.41 Å². The van der Waals surface area contributed by atoms with Gasteiger partial charge in [-0.05, 0) is 39.7 Å². The molecule has 5 heteroatoms. The van der Waals surface area contributed by atoms with Gasteiger partial charge in [-0.2, -0.15) is 0 Å². The van der Waals surface area contributed by atoms with Gasteiger partial charge in [-0.15, -0.1) is 0 Å². The van der Waals surface area contributed by atoms with Crippen LogP contribution in [0.2, 0.25) is 0 Å². The molecule has 1 saturated heterocycles. The van der Waals surface area contributed by atoms with Gasteiger partial charge in [0.25, 0.3) is 0 Å². The van der Waals surface area contributed by atoms with Crippen molar-refractivity contribution in [1.29, 1.82) is 0 Å². The van der Waals surface area contributed by atoms with Crippen LogP contribution in [0.1, 0.15) is 58.3 Å². The van der Waals surface area contributed by atoms with Crippen molar-refractivity contribution in [2.24, 2.45) is 5.41 Å². The van der Waals surface area contributed by atoms with E-state index in [0.717, 1.165) is 26.0 Å². The van der Waals surface area contributed by atoms with E-state index < -0.39 is 6.10 Å². The SMILES string of the molecule is CCO[C@@H]1C[C@H](N(C)C[C@@H](O)CN2CCCC2=O)C12CCCCC2. The Bertz CT molecular complexity index is 436. The fourth-order valence-corrected chi connectivity index (χ4v) is 5.31. The van der Waals surface area contributed by atoms with Crippen LogP contribution in [-0.4, -0.2) is 72.4 Å². The van der Waals surface area contributed by atoms with E-state index in [1.165, 1.54) is 32.1 Å². The number of nitrogens with zero attached hydrogens (tertiary/aromatic N) is 2. The molecule has 3 fully saturated rings. The van der Waals surface area contributed by atoms with Crippen LogP contribution in [0.3, 0.4) is 0 Å². The van der Waals surface area contributed by atoms with Crippen molar-refractivity contribution in [3.05, 3.63) is 0 Å². The highest BCUT2D eigenvalue weighted by Crippen LogP contribution is 2.55. The van der Waals surface area contributed by atoms with Crippen LogP contribution in [0.15, 0.2) is 0 Å². The number of hydrogen-bond acceptors (Lipinski definition) is 4. The van der Waals surface area contributed by atoms with Crippen molar-refractivity contribution in [1.82, 2.24) is 9.80 Å². The number of aliphatic hydroxyl groups is 1. The van der Waals surface area contributed by atoms with E-state index in [9.17, 15) is 9.90 Å². The number of likely N-dealkylation sites (N-methyl/N-ethyl adjacent to an activating group) is 1. The third-order valence-electron chi connectivity index (χ3n) is 6.53. The number of carbonyl (C=O) groups is 1. The van der Waals surface area contributed by atoms with Crippen molar-refractivity contribution >= 4 is 5.91 Å². The summed E-state index contributed by atoms with van der Waals surface area (Å²) in [6, 6.07) is 0.512. The molecule has 0 unspecified atom stereocenters. The quantitative estimate of drug-likeness (QED) is 0.772. The van der Waals surface area contributed by atoms with Crippen LogP contribution < -0.4 is 0 Å². The number of carbonyl (C=O) groups excluding carboxylic acids is 1. The van der Waals surface area contributed by atoms with Crippen LogP contribution in [0.5, 0.6) is 0 Å². The highest BCUT2D eigenvalue weighted by atomic mass is 16.5. The first-order valence-corrected chi connectivity index (χ1v) is 9.84. The van der Waals surface area contributed by atoms with Gasteiger partial charge in [0, 0.05) is 44.1 Å². The minimum atomic E-state index is -0.455. The molecule has 3 rings (SSSR count). The smallest absolute Gasteiger partial charge is 0.222 e. The van der Waals surface area contributed by atoms with Gasteiger partial charge in [-0.3, -0.25) is 4.79 Å². The first-order valence-electron chi connectivity index (χ1n) is 9.84. The highest BCUT2D eigenvalue weighted by Gasteiger charge is 2.56. The molecule has 1 amide bonds. The molecule has 3 atom stereocenters. The number of β-amino-alcohol motifs (C(OH)–C–C–N with tert-alkyl or cyclic N) is 1. The first-order chi connectivity index (χ1) is 11.6. The van der Waals surface area contributed by atoms with Crippen molar-refractivity contribution in [2.45, 2.75) is 76.5 Å². The van der Waals surface area contributed by atoms with Crippen molar-refractivity contribution < 1.29 is 14.6 Å². The van der Waals surface area contributed by atoms with E-state index in [-0.39, 0.29) is 5.91 Å². The molecule has 3 aliphatic rings. The summed E-state index contributed by atoms with van der Waals surface area (Å²) in [6.45, 7) is 4.82. The molecule has 1 aliphatic heterocycles. The van der Waals surface area contributed by atoms with Crippen LogP contribution in [-0.2, 0) is 9.53 Å². The molecule has 5 nitrogen and oxygen atoms in total. The minimum Gasteiger partial charge on any atom is -0.390 e. The van der Waals surface area contributed by atoms with Crippen molar-refractivity contribution in [3.8, 4) is 0 Å². The largest absolute Gasteiger partial charge is 0.390 e. The first kappa shape index (κ1) is 18.2. The Morgan fingerprint density at radius 1 is 1.33 bits per heavy atom. The molecular formula is C19H34N2O3. The predicted octanol–water partition coefficient (Wildman–Crippen LogP) is 2.03. The minimum absolute atomic E-state index is 0.195. The molecule has 1 heterocycles. The highest BCUT2D eigenvalue weighted by molar-refractivity contribution is 5.78. The van der Waals surface area contributed by atoms with E-state index in [2.05, 4.69) is 18.9 Å². The number of amides is 1. The Labute approximate surface area is 146 Å². The molecular weight excluding hydrogens is 304 g/mol. The molecule has 2 aliphatic carbocycles. The van der Waals surface area contributed by atoms with Crippen molar-refractivity contribution in [3.63, 3.8) is 0 Å². The molecule has 0 aromatic heterocycles. The lowest BCUT2D eigenvalue weighted by atomic mass is 9.54. The third kappa shape index (κ3) is 3.49. The number of hydrogen-bond donors (Lipinski definition) is 1. The average molecular weight is 338 g/mol. The Kier molecular flexibility index (Phi) is 5.83. The molecule has 2 saturated carbocycles. The van der Waals surface area contributed by atoms with Gasteiger partial charge in [-0.25, -0.2) is 0 Å². The summed E-state index contributed by atoms with van der Waals surface area (Å²) >= 11 is 0. The third-order valence-corrected chi connectivity index (χ3v) is 6.53. The summed E-state index contributed by atoms with van der Waals surface area (Å²) in [7, 11) is 2.14. The maximum Gasteiger partial charge on any atom is 0.222 e. The molecule has 1 N–H and O–H groups in total. The topological polar surface area (TPSA) is 53.0 Å². The second kappa shape index (κ2) is 7.71. The van der Waals surface area contributed by atoms with Crippen molar-refractivity contribution in [2.75, 3.05) is 33.3 Å². The van der Waals surface area contributed by atoms with Gasteiger partial charge in [0.1, 0.15) is 0 Å². The second-order valence-corrected chi connectivity index (χ2v) is 8.03. The zero-order valence-electron chi connectivity index (χ0n) is 15.4. The predicted molar refractivity (Wildman–Crippen MR) is 93.8 cm³/mol. The zero-order chi connectivity index (χ0) is 17.2. The normalized spacial score (nSPS) is 30.8. The van der Waals surface area contributed by atoms with E-state index in [0.29, 0.717) is 37.1 Å². The lowest BCUT2D eigenvalue weighted by Crippen LogP contribution is -2.65. The Morgan fingerprint density at radius 2 is 2.08 bits per heavy atom. The van der Waals surface area contributed by atoms with Gasteiger partial charge in [0.15, 0.2) is 0 Å². The van der Waals surface area contributed by atoms with Gasteiger partial charge in [0.05, 0.1) is 12.2 Å².